The summed E-state index contributed by atoms with van der Waals surface area (Å²) in [7, 11) is 0. The molecule has 1 aliphatic heterocycles. The van der Waals surface area contributed by atoms with E-state index in [9.17, 15) is 0 Å². The first-order valence-corrected chi connectivity index (χ1v) is 8.19. The second-order valence-corrected chi connectivity index (χ2v) is 6.54. The van der Waals surface area contributed by atoms with Crippen LogP contribution in [0.5, 0.6) is 0 Å². The Morgan fingerprint density at radius 1 is 1.35 bits per heavy atom. The van der Waals surface area contributed by atoms with Gasteiger partial charge in [0.05, 0.1) is 6.04 Å². The van der Waals surface area contributed by atoms with Crippen LogP contribution in [-0.2, 0) is 0 Å². The summed E-state index contributed by atoms with van der Waals surface area (Å²) in [6.07, 6.45) is 3.53. The lowest BCUT2D eigenvalue weighted by atomic mass is 9.87. The maximum atomic E-state index is 6.46. The van der Waals surface area contributed by atoms with Gasteiger partial charge in [0.2, 0.25) is 0 Å². The molecule has 3 heteroatoms. The van der Waals surface area contributed by atoms with Crippen molar-refractivity contribution in [1.82, 2.24) is 4.90 Å². The van der Waals surface area contributed by atoms with Crippen molar-refractivity contribution in [1.29, 1.82) is 0 Å². The van der Waals surface area contributed by atoms with Crippen LogP contribution >= 0.6 is 11.6 Å². The van der Waals surface area contributed by atoms with E-state index in [1.54, 1.807) is 0 Å². The molecule has 0 bridgehead atoms. The third kappa shape index (κ3) is 3.19. The van der Waals surface area contributed by atoms with Crippen molar-refractivity contribution < 1.29 is 0 Å². The fraction of sp³-hybridized carbons (Fsp3) is 0.647. The van der Waals surface area contributed by atoms with E-state index >= 15 is 0 Å². The van der Waals surface area contributed by atoms with E-state index in [0.717, 1.165) is 23.9 Å². The number of piperidine rings is 1. The van der Waals surface area contributed by atoms with Gasteiger partial charge in [0.1, 0.15) is 0 Å². The first-order chi connectivity index (χ1) is 9.56. The van der Waals surface area contributed by atoms with E-state index in [-0.39, 0.29) is 12.1 Å². The van der Waals surface area contributed by atoms with Gasteiger partial charge in [-0.05, 0) is 50.3 Å². The van der Waals surface area contributed by atoms with Crippen LogP contribution in [0.4, 0.5) is 0 Å². The van der Waals surface area contributed by atoms with Crippen molar-refractivity contribution in [3.63, 3.8) is 0 Å². The second kappa shape index (κ2) is 6.93. The fourth-order valence-corrected chi connectivity index (χ4v) is 3.60. The van der Waals surface area contributed by atoms with Crippen molar-refractivity contribution in [3.05, 3.63) is 34.9 Å². The fourth-order valence-electron chi connectivity index (χ4n) is 3.35. The predicted molar refractivity (Wildman–Crippen MR) is 87.0 cm³/mol. The molecular weight excluding hydrogens is 268 g/mol. The molecule has 1 aromatic carbocycles. The largest absolute Gasteiger partial charge is 0.326 e. The van der Waals surface area contributed by atoms with E-state index < -0.39 is 0 Å². The Balaban J connectivity index is 2.35. The molecule has 20 heavy (non-hydrogen) atoms. The lowest BCUT2D eigenvalue weighted by Gasteiger charge is -2.45. The van der Waals surface area contributed by atoms with Gasteiger partial charge in [0.15, 0.2) is 0 Å². The molecule has 1 heterocycles. The standard InChI is InChI=1S/C17H27ClN2/c1-4-16(19)17(14-9-5-6-10-15(14)18)20-11-7-8-12(2)13(20)3/h5-6,9-10,12-13,16-17H,4,7-8,11,19H2,1-3H3. The van der Waals surface area contributed by atoms with Gasteiger partial charge < -0.3 is 5.73 Å². The molecular formula is C17H27ClN2. The molecule has 2 nitrogen and oxygen atoms in total. The van der Waals surface area contributed by atoms with Crippen molar-refractivity contribution in [2.24, 2.45) is 11.7 Å². The number of nitrogens with two attached hydrogens (primary N) is 1. The summed E-state index contributed by atoms with van der Waals surface area (Å²) in [6, 6.07) is 9.08. The topological polar surface area (TPSA) is 29.3 Å². The SMILES string of the molecule is CCC(N)C(c1ccccc1Cl)N1CCCC(C)C1C. The van der Waals surface area contributed by atoms with Crippen LogP contribution in [-0.4, -0.2) is 23.5 Å². The molecule has 0 saturated carbocycles. The van der Waals surface area contributed by atoms with Crippen LogP contribution in [0.25, 0.3) is 0 Å². The Hall–Kier alpha value is -0.570. The van der Waals surface area contributed by atoms with Gasteiger partial charge in [-0.3, -0.25) is 4.90 Å². The molecule has 0 spiro atoms. The molecule has 1 aromatic rings. The molecule has 0 amide bonds. The van der Waals surface area contributed by atoms with Crippen molar-refractivity contribution in [3.8, 4) is 0 Å². The van der Waals surface area contributed by atoms with Crippen molar-refractivity contribution >= 4 is 11.6 Å². The monoisotopic (exact) mass is 294 g/mol. The Bertz CT molecular complexity index is 435. The Labute approximate surface area is 128 Å². The van der Waals surface area contributed by atoms with E-state index in [0.29, 0.717) is 6.04 Å². The maximum Gasteiger partial charge on any atom is 0.0516 e. The van der Waals surface area contributed by atoms with E-state index in [1.807, 2.05) is 12.1 Å². The van der Waals surface area contributed by atoms with Crippen LogP contribution in [0.1, 0.15) is 51.6 Å². The van der Waals surface area contributed by atoms with Gasteiger partial charge in [0.25, 0.3) is 0 Å². The molecule has 4 unspecified atom stereocenters. The van der Waals surface area contributed by atoms with Gasteiger partial charge >= 0.3 is 0 Å². The predicted octanol–water partition coefficient (Wildman–Crippen LogP) is 4.24. The van der Waals surface area contributed by atoms with Crippen molar-refractivity contribution in [2.75, 3.05) is 6.54 Å². The number of hydrogen-bond acceptors (Lipinski definition) is 2. The highest BCUT2D eigenvalue weighted by molar-refractivity contribution is 6.31. The first kappa shape index (κ1) is 15.8. The minimum Gasteiger partial charge on any atom is -0.326 e. The number of likely N-dealkylation sites (tertiary alicyclic amines) is 1. The third-order valence-corrected chi connectivity index (χ3v) is 5.22. The summed E-state index contributed by atoms with van der Waals surface area (Å²) in [5.74, 6) is 0.720. The number of nitrogens with zero attached hydrogens (tertiary/aromatic N) is 1. The molecule has 4 atom stereocenters. The summed E-state index contributed by atoms with van der Waals surface area (Å²) < 4.78 is 0. The Morgan fingerprint density at radius 2 is 2.05 bits per heavy atom. The number of hydrogen-bond donors (Lipinski definition) is 1. The average Bonchev–Trinajstić information content (AvgIpc) is 2.45. The minimum atomic E-state index is 0.127. The Morgan fingerprint density at radius 3 is 2.70 bits per heavy atom. The van der Waals surface area contributed by atoms with Gasteiger partial charge in [0, 0.05) is 17.1 Å². The molecule has 0 aromatic heterocycles. The minimum absolute atomic E-state index is 0.127. The third-order valence-electron chi connectivity index (χ3n) is 4.88. The molecule has 112 valence electrons. The second-order valence-electron chi connectivity index (χ2n) is 6.14. The normalized spacial score (nSPS) is 27.2. The first-order valence-electron chi connectivity index (χ1n) is 7.82. The van der Waals surface area contributed by atoms with Gasteiger partial charge in [-0.2, -0.15) is 0 Å². The number of benzene rings is 1. The van der Waals surface area contributed by atoms with Crippen LogP contribution in [0.15, 0.2) is 24.3 Å². The van der Waals surface area contributed by atoms with Crippen molar-refractivity contribution in [2.45, 2.75) is 58.2 Å². The zero-order chi connectivity index (χ0) is 14.7. The van der Waals surface area contributed by atoms with E-state index in [2.05, 4.69) is 37.8 Å². The zero-order valence-electron chi connectivity index (χ0n) is 12.8. The molecule has 2 rings (SSSR count). The number of rotatable bonds is 4. The molecule has 1 aliphatic rings. The van der Waals surface area contributed by atoms with Crippen LogP contribution in [0.3, 0.4) is 0 Å². The van der Waals surface area contributed by atoms with E-state index in [1.165, 1.54) is 18.4 Å². The quantitative estimate of drug-likeness (QED) is 0.900. The summed E-state index contributed by atoms with van der Waals surface area (Å²) in [4.78, 5) is 2.57. The molecule has 0 radical (unpaired) electrons. The molecule has 2 N–H and O–H groups in total. The van der Waals surface area contributed by atoms with Crippen LogP contribution < -0.4 is 5.73 Å². The maximum absolute atomic E-state index is 6.46. The van der Waals surface area contributed by atoms with E-state index in [4.69, 9.17) is 17.3 Å². The molecule has 1 fully saturated rings. The van der Waals surface area contributed by atoms with Crippen LogP contribution in [0.2, 0.25) is 5.02 Å². The highest BCUT2D eigenvalue weighted by atomic mass is 35.5. The summed E-state index contributed by atoms with van der Waals surface area (Å²) in [6.45, 7) is 7.95. The summed E-state index contributed by atoms with van der Waals surface area (Å²) in [5.41, 5.74) is 7.64. The highest BCUT2D eigenvalue weighted by Gasteiger charge is 2.34. The van der Waals surface area contributed by atoms with Gasteiger partial charge in [-0.1, -0.05) is 43.6 Å². The number of halogens is 1. The summed E-state index contributed by atoms with van der Waals surface area (Å²) >= 11 is 6.44. The molecule has 0 aliphatic carbocycles. The lowest BCUT2D eigenvalue weighted by Crippen LogP contribution is -2.50. The lowest BCUT2D eigenvalue weighted by molar-refractivity contribution is 0.0547. The zero-order valence-corrected chi connectivity index (χ0v) is 13.6. The van der Waals surface area contributed by atoms with Crippen LogP contribution in [0, 0.1) is 5.92 Å². The highest BCUT2D eigenvalue weighted by Crippen LogP contribution is 2.36. The average molecular weight is 295 g/mol. The summed E-state index contributed by atoms with van der Waals surface area (Å²) in [5, 5.41) is 0.840. The molecule has 1 saturated heterocycles. The smallest absolute Gasteiger partial charge is 0.0516 e. The van der Waals surface area contributed by atoms with Gasteiger partial charge in [-0.25, -0.2) is 0 Å². The Kier molecular flexibility index (Phi) is 5.48. The van der Waals surface area contributed by atoms with Gasteiger partial charge in [-0.15, -0.1) is 0 Å².